The Morgan fingerprint density at radius 3 is 1.27 bits per heavy atom. The summed E-state index contributed by atoms with van der Waals surface area (Å²) >= 11 is 0. The smallest absolute Gasteiger partial charge is 0.408 e. The number of benzene rings is 1. The molecule has 0 bridgehead atoms. The number of hydrogen-bond acceptors (Lipinski definition) is 9. The molecule has 370 valence electrons. The second kappa shape index (κ2) is 26.0. The Kier molecular flexibility index (Phi) is 21.3. The summed E-state index contributed by atoms with van der Waals surface area (Å²) in [6.07, 6.45) is 10.9. The maximum Gasteiger partial charge on any atom is 0.408 e. The number of esters is 1. The average Bonchev–Trinajstić information content (AvgIpc) is 3.27. The molecule has 4 rings (SSSR count). The van der Waals surface area contributed by atoms with E-state index < -0.39 is 41.7 Å². The van der Waals surface area contributed by atoms with Crippen LogP contribution < -0.4 is 31.9 Å². The molecule has 0 saturated heterocycles. The lowest BCUT2D eigenvalue weighted by Gasteiger charge is -2.38. The van der Waals surface area contributed by atoms with Crippen LogP contribution >= 0.6 is 0 Å². The quantitative estimate of drug-likeness (QED) is 0.0763. The first kappa shape index (κ1) is 53.9. The molecular weight excluding hydrogens is 841 g/mol. The Morgan fingerprint density at radius 2 is 0.894 bits per heavy atom. The van der Waals surface area contributed by atoms with E-state index in [1.807, 2.05) is 51.1 Å². The predicted octanol–water partition coefficient (Wildman–Crippen LogP) is 6.76. The Balaban J connectivity index is 1.32. The maximum absolute atomic E-state index is 14.0. The first-order valence-electron chi connectivity index (χ1n) is 25.1. The molecule has 0 aliphatic heterocycles. The number of nitrogens with one attached hydrogen (secondary N) is 6. The minimum atomic E-state index is -0.844. The minimum Gasteiger partial charge on any atom is -0.461 e. The summed E-state index contributed by atoms with van der Waals surface area (Å²) in [5, 5.41) is 18.0. The molecule has 3 aliphatic rings. The summed E-state index contributed by atoms with van der Waals surface area (Å²) in [6.45, 7) is 16.3. The van der Waals surface area contributed by atoms with E-state index in [1.54, 1.807) is 41.5 Å². The number of alkyl carbamates (subject to hydrolysis) is 1. The van der Waals surface area contributed by atoms with Crippen molar-refractivity contribution in [3.8, 4) is 0 Å². The topological polar surface area (TPSA) is 210 Å². The molecule has 66 heavy (non-hydrogen) atoms. The zero-order valence-electron chi connectivity index (χ0n) is 41.3. The van der Waals surface area contributed by atoms with Gasteiger partial charge in [0.05, 0.1) is 5.92 Å². The molecule has 3 saturated carbocycles. The molecule has 6 amide bonds. The van der Waals surface area contributed by atoms with Crippen molar-refractivity contribution in [3.63, 3.8) is 0 Å². The Hall–Kier alpha value is -4.69. The number of amides is 6. The summed E-state index contributed by atoms with van der Waals surface area (Å²) in [6, 6.07) is 6.30. The molecule has 1 aromatic carbocycles. The van der Waals surface area contributed by atoms with Gasteiger partial charge in [-0.3, -0.25) is 28.8 Å². The van der Waals surface area contributed by atoms with E-state index in [-0.39, 0.29) is 83.9 Å². The summed E-state index contributed by atoms with van der Waals surface area (Å²) in [4.78, 5) is 94.3. The fourth-order valence-corrected chi connectivity index (χ4v) is 10.6. The number of ether oxygens (including phenoxy) is 2. The van der Waals surface area contributed by atoms with E-state index in [2.05, 4.69) is 31.9 Å². The molecule has 3 fully saturated rings. The van der Waals surface area contributed by atoms with E-state index in [0.29, 0.717) is 32.1 Å². The van der Waals surface area contributed by atoms with Gasteiger partial charge in [-0.25, -0.2) is 4.79 Å². The van der Waals surface area contributed by atoms with Crippen molar-refractivity contribution in [2.75, 3.05) is 0 Å². The Morgan fingerprint density at radius 1 is 0.530 bits per heavy atom. The molecule has 0 aromatic heterocycles. The Labute approximate surface area is 393 Å². The van der Waals surface area contributed by atoms with Crippen molar-refractivity contribution in [2.45, 2.75) is 207 Å². The van der Waals surface area contributed by atoms with Gasteiger partial charge < -0.3 is 41.4 Å². The lowest BCUT2D eigenvalue weighted by molar-refractivity contribution is -0.153. The van der Waals surface area contributed by atoms with E-state index in [1.165, 1.54) is 0 Å². The van der Waals surface area contributed by atoms with E-state index in [4.69, 9.17) is 9.47 Å². The predicted molar refractivity (Wildman–Crippen MR) is 253 cm³/mol. The van der Waals surface area contributed by atoms with Gasteiger partial charge in [0.2, 0.25) is 29.5 Å². The van der Waals surface area contributed by atoms with Crippen molar-refractivity contribution in [1.82, 2.24) is 31.9 Å². The molecule has 0 spiro atoms. The molecule has 0 unspecified atom stereocenters. The number of carbonyl (C=O) groups is 7. The lowest BCUT2D eigenvalue weighted by atomic mass is 9.74. The van der Waals surface area contributed by atoms with E-state index >= 15 is 0 Å². The van der Waals surface area contributed by atoms with Crippen LogP contribution in [0, 0.1) is 35.5 Å². The van der Waals surface area contributed by atoms with Crippen molar-refractivity contribution in [2.24, 2.45) is 35.5 Å². The monoisotopic (exact) mass is 923 g/mol. The van der Waals surface area contributed by atoms with Crippen LogP contribution in [0.4, 0.5) is 4.79 Å². The highest BCUT2D eigenvalue weighted by Gasteiger charge is 2.41. The highest BCUT2D eigenvalue weighted by molar-refractivity contribution is 5.90. The third kappa shape index (κ3) is 16.0. The summed E-state index contributed by atoms with van der Waals surface area (Å²) in [5.41, 5.74) is 0.213. The molecule has 15 heteroatoms. The standard InChI is InChI=1S/C51H82N6O9/c1-10-35(47(61)53-32(5)45(59)57-43-29-21-18-26-40(43)37(12-3)49(63)65-30-34-22-14-13-15-23-34)38-24-16-19-27-41(38)55-44(58)31(4)52-48(62)36(11-2)39-25-17-20-28-42(39)56-46(60)33(6)54-50(64)66-51(7,8)9/h13-15,22-23,31-33,35-43H,10-12,16-21,24-30H2,1-9H3,(H,52,62)(H,53,61)(H,54,64)(H,55,58)(H,56,60)(H,57,59)/t31-,32-,33-,35-,36-,37-,38-,39-,40-,41-,42-,43-/m1/s1. The normalized spacial score (nSPS) is 24.9. The van der Waals surface area contributed by atoms with Gasteiger partial charge >= 0.3 is 12.1 Å². The van der Waals surface area contributed by atoms with Gasteiger partial charge in [0, 0.05) is 30.0 Å². The minimum absolute atomic E-state index is 0.0732. The third-order valence-corrected chi connectivity index (χ3v) is 14.1. The molecule has 6 N–H and O–H groups in total. The van der Waals surface area contributed by atoms with Crippen LogP contribution in [0.1, 0.15) is 164 Å². The SMILES string of the molecule is CC[C@@H](C(=O)N[C@H](C)C(=O)N[C@@H]1CCCC[C@@H]1[C@@H](CC)C(=O)N[C@H](C)C(=O)N[C@@H]1CCCC[C@@H]1[C@@H](CC)C(=O)OCc1ccccc1)[C@H]1CCCC[C@H]1NC(=O)[C@@H](C)NC(=O)OC(C)(C)C. The average molecular weight is 923 g/mol. The van der Waals surface area contributed by atoms with Gasteiger partial charge in [-0.15, -0.1) is 0 Å². The van der Waals surface area contributed by atoms with Crippen LogP contribution in [-0.4, -0.2) is 83.5 Å². The van der Waals surface area contributed by atoms with Gasteiger partial charge in [-0.1, -0.05) is 89.6 Å². The molecule has 15 nitrogen and oxygen atoms in total. The Bertz CT molecular complexity index is 1770. The van der Waals surface area contributed by atoms with Gasteiger partial charge in [-0.05, 0) is 123 Å². The zero-order chi connectivity index (χ0) is 48.6. The molecule has 12 atom stereocenters. The summed E-state index contributed by atoms with van der Waals surface area (Å²) in [5.74, 6) is -3.37. The molecule has 1 aromatic rings. The van der Waals surface area contributed by atoms with Crippen LogP contribution in [-0.2, 0) is 44.8 Å². The van der Waals surface area contributed by atoms with Gasteiger partial charge in [-0.2, -0.15) is 0 Å². The first-order chi connectivity index (χ1) is 31.4. The highest BCUT2D eigenvalue weighted by Crippen LogP contribution is 2.36. The fraction of sp³-hybridized carbons (Fsp3) is 0.745. The number of carbonyl (C=O) groups excluding carboxylic acids is 7. The number of rotatable bonds is 20. The second-order valence-corrected chi connectivity index (χ2v) is 20.2. The van der Waals surface area contributed by atoms with Crippen molar-refractivity contribution >= 4 is 41.6 Å². The van der Waals surface area contributed by atoms with Crippen molar-refractivity contribution < 1.29 is 43.0 Å². The summed E-state index contributed by atoms with van der Waals surface area (Å²) in [7, 11) is 0. The first-order valence-corrected chi connectivity index (χ1v) is 25.1. The molecule has 0 radical (unpaired) electrons. The molecular formula is C51H82N6O9. The fourth-order valence-electron chi connectivity index (χ4n) is 10.6. The number of hydrogen-bond donors (Lipinski definition) is 6. The van der Waals surface area contributed by atoms with Crippen LogP contribution in [0.25, 0.3) is 0 Å². The lowest BCUT2D eigenvalue weighted by Crippen LogP contribution is -2.56. The highest BCUT2D eigenvalue weighted by atomic mass is 16.6. The van der Waals surface area contributed by atoms with Gasteiger partial charge in [0.15, 0.2) is 0 Å². The molecule has 3 aliphatic carbocycles. The van der Waals surface area contributed by atoms with Gasteiger partial charge in [0.1, 0.15) is 30.3 Å². The maximum atomic E-state index is 14.0. The van der Waals surface area contributed by atoms with E-state index in [9.17, 15) is 33.6 Å². The zero-order valence-corrected chi connectivity index (χ0v) is 41.3. The van der Waals surface area contributed by atoms with Crippen LogP contribution in [0.2, 0.25) is 0 Å². The summed E-state index contributed by atoms with van der Waals surface area (Å²) < 4.78 is 11.1. The van der Waals surface area contributed by atoms with Crippen LogP contribution in [0.15, 0.2) is 30.3 Å². The largest absolute Gasteiger partial charge is 0.461 e. The van der Waals surface area contributed by atoms with Crippen LogP contribution in [0.3, 0.4) is 0 Å². The third-order valence-electron chi connectivity index (χ3n) is 14.1. The van der Waals surface area contributed by atoms with Crippen molar-refractivity contribution in [1.29, 1.82) is 0 Å². The molecule has 0 heterocycles. The van der Waals surface area contributed by atoms with Crippen LogP contribution in [0.5, 0.6) is 0 Å². The van der Waals surface area contributed by atoms with Gasteiger partial charge in [0.25, 0.3) is 0 Å². The second-order valence-electron chi connectivity index (χ2n) is 20.2. The van der Waals surface area contributed by atoms with Crippen molar-refractivity contribution in [3.05, 3.63) is 35.9 Å². The van der Waals surface area contributed by atoms with E-state index in [0.717, 1.165) is 69.8 Å².